The van der Waals surface area contributed by atoms with Gasteiger partial charge in [-0.15, -0.1) is 0 Å². The molecule has 23 heavy (non-hydrogen) atoms. The fourth-order valence-electron chi connectivity index (χ4n) is 2.90. The predicted molar refractivity (Wildman–Crippen MR) is 87.8 cm³/mol. The normalized spacial score (nSPS) is 22.0. The van der Waals surface area contributed by atoms with Crippen molar-refractivity contribution in [1.29, 1.82) is 0 Å². The first-order chi connectivity index (χ1) is 11.1. The van der Waals surface area contributed by atoms with Gasteiger partial charge in [0.15, 0.2) is 11.5 Å². The van der Waals surface area contributed by atoms with E-state index in [1.54, 1.807) is 30.3 Å². The van der Waals surface area contributed by atoms with E-state index < -0.39 is 12.2 Å². The lowest BCUT2D eigenvalue weighted by molar-refractivity contribution is 0.0740. The molecule has 3 N–H and O–H groups in total. The fraction of sp³-hybridized carbons (Fsp3) is 0.368. The molecule has 0 amide bonds. The van der Waals surface area contributed by atoms with Crippen molar-refractivity contribution in [2.45, 2.75) is 44.3 Å². The Hall–Kier alpha value is -2.04. The van der Waals surface area contributed by atoms with Gasteiger partial charge in [-0.1, -0.05) is 24.6 Å². The van der Waals surface area contributed by atoms with Crippen LogP contribution in [0.1, 0.15) is 42.9 Å². The molecule has 0 spiro atoms. The number of aliphatic hydroxyl groups excluding tert-OH is 2. The number of aliphatic hydroxyl groups is 2. The van der Waals surface area contributed by atoms with Crippen molar-refractivity contribution >= 4 is 0 Å². The minimum atomic E-state index is -0.682. The van der Waals surface area contributed by atoms with Crippen LogP contribution in [0.4, 0.5) is 0 Å². The minimum absolute atomic E-state index is 0.109. The maximum absolute atomic E-state index is 10.2. The van der Waals surface area contributed by atoms with Gasteiger partial charge in [0, 0.05) is 6.42 Å². The molecule has 4 rings (SSSR count). The summed E-state index contributed by atoms with van der Waals surface area (Å²) in [5.74, 6) is 1.15. The largest absolute Gasteiger partial charge is 0.504 e. The summed E-state index contributed by atoms with van der Waals surface area (Å²) in [4.78, 5) is 0. The van der Waals surface area contributed by atoms with Crippen LogP contribution in [0, 0.1) is 0 Å². The fourth-order valence-corrected chi connectivity index (χ4v) is 2.90. The van der Waals surface area contributed by atoms with Crippen LogP contribution in [0.25, 0.3) is 0 Å². The first-order valence-electron chi connectivity index (χ1n) is 8.07. The van der Waals surface area contributed by atoms with Crippen molar-refractivity contribution in [3.05, 3.63) is 53.6 Å². The molecule has 0 fully saturated rings. The zero-order chi connectivity index (χ0) is 16.2. The average molecular weight is 314 g/mol. The molecule has 0 aromatic heterocycles. The molecule has 2 aromatic rings. The van der Waals surface area contributed by atoms with Gasteiger partial charge in [0.2, 0.25) is 0 Å². The molecule has 4 bridgehead atoms. The first-order valence-corrected chi connectivity index (χ1v) is 8.07. The van der Waals surface area contributed by atoms with E-state index in [2.05, 4.69) is 0 Å². The van der Waals surface area contributed by atoms with Gasteiger partial charge in [-0.25, -0.2) is 0 Å². The van der Waals surface area contributed by atoms with Crippen LogP contribution < -0.4 is 4.74 Å². The Morgan fingerprint density at radius 1 is 0.957 bits per heavy atom. The van der Waals surface area contributed by atoms with Crippen LogP contribution >= 0.6 is 0 Å². The lowest BCUT2D eigenvalue weighted by atomic mass is 9.99. The lowest BCUT2D eigenvalue weighted by Crippen LogP contribution is -2.12. The van der Waals surface area contributed by atoms with Crippen LogP contribution in [0.3, 0.4) is 0 Å². The Balaban J connectivity index is 1.90. The maximum Gasteiger partial charge on any atom is 0.169 e. The van der Waals surface area contributed by atoms with E-state index in [1.807, 2.05) is 12.1 Å². The van der Waals surface area contributed by atoms with Gasteiger partial charge in [-0.2, -0.15) is 0 Å². The summed E-state index contributed by atoms with van der Waals surface area (Å²) in [6.07, 6.45) is 2.54. The van der Waals surface area contributed by atoms with Crippen molar-refractivity contribution in [3.8, 4) is 17.2 Å². The van der Waals surface area contributed by atoms with Crippen LogP contribution in [0.2, 0.25) is 0 Å². The third-order valence-corrected chi connectivity index (χ3v) is 4.27. The second-order valence-electron chi connectivity index (χ2n) is 6.12. The molecule has 0 saturated heterocycles. The number of rotatable bonds is 0. The first kappa shape index (κ1) is 15.8. The van der Waals surface area contributed by atoms with E-state index in [9.17, 15) is 15.3 Å². The standard InChI is InChI=1S/C19H22O4/c20-15-4-2-1-3-13-5-10-17(21)19(11-13)23-16-8-6-14(7-9-16)18(22)12-15/h5-11,15,18,20-22H,1-4,12H2. The monoisotopic (exact) mass is 314 g/mol. The number of hydrogen-bond acceptors (Lipinski definition) is 4. The second-order valence-corrected chi connectivity index (χ2v) is 6.12. The highest BCUT2D eigenvalue weighted by atomic mass is 16.5. The molecule has 122 valence electrons. The van der Waals surface area contributed by atoms with Gasteiger partial charge >= 0.3 is 0 Å². The molecule has 2 aromatic carbocycles. The van der Waals surface area contributed by atoms with Crippen molar-refractivity contribution < 1.29 is 20.1 Å². The highest BCUT2D eigenvalue weighted by Crippen LogP contribution is 2.33. The quantitative estimate of drug-likeness (QED) is 0.693. The van der Waals surface area contributed by atoms with Gasteiger partial charge in [-0.05, 0) is 54.7 Å². The number of phenolic OH excluding ortho intramolecular Hbond substituents is 1. The molecule has 0 saturated carbocycles. The van der Waals surface area contributed by atoms with Crippen LogP contribution in [0.5, 0.6) is 17.2 Å². The maximum atomic E-state index is 10.2. The Morgan fingerprint density at radius 2 is 1.74 bits per heavy atom. The summed E-state index contributed by atoms with van der Waals surface area (Å²) < 4.78 is 5.75. The SMILES string of the molecule is Oc1ccc2cc1Oc1ccc(cc1)C(O)CC(O)CCCC2. The second kappa shape index (κ2) is 7.02. The zero-order valence-corrected chi connectivity index (χ0v) is 13.0. The number of benzene rings is 2. The summed E-state index contributed by atoms with van der Waals surface area (Å²) >= 11 is 0. The summed E-state index contributed by atoms with van der Waals surface area (Å²) in [5, 5.41) is 30.2. The van der Waals surface area contributed by atoms with E-state index in [-0.39, 0.29) is 5.75 Å². The Morgan fingerprint density at radius 3 is 2.52 bits per heavy atom. The van der Waals surface area contributed by atoms with Crippen LogP contribution in [0.15, 0.2) is 42.5 Å². The number of ether oxygens (including phenoxy) is 1. The van der Waals surface area contributed by atoms with E-state index in [4.69, 9.17) is 4.74 Å². The number of fused-ring (bicyclic) bond motifs is 8. The van der Waals surface area contributed by atoms with Gasteiger partial charge in [0.25, 0.3) is 0 Å². The van der Waals surface area contributed by atoms with Gasteiger partial charge < -0.3 is 20.1 Å². The van der Waals surface area contributed by atoms with Gasteiger partial charge in [0.05, 0.1) is 12.2 Å². The third kappa shape index (κ3) is 4.03. The van der Waals surface area contributed by atoms with Gasteiger partial charge in [-0.3, -0.25) is 0 Å². The highest BCUT2D eigenvalue weighted by molar-refractivity contribution is 5.45. The molecular weight excluding hydrogens is 292 g/mol. The Labute approximate surface area is 136 Å². The Bertz CT molecular complexity index is 651. The van der Waals surface area contributed by atoms with E-state index >= 15 is 0 Å². The minimum Gasteiger partial charge on any atom is -0.504 e. The molecule has 4 heteroatoms. The van der Waals surface area contributed by atoms with E-state index in [0.29, 0.717) is 24.3 Å². The van der Waals surface area contributed by atoms with Gasteiger partial charge in [0.1, 0.15) is 5.75 Å². The number of aromatic hydroxyl groups is 1. The Kier molecular flexibility index (Phi) is 4.84. The molecule has 2 aliphatic rings. The molecule has 2 aliphatic heterocycles. The smallest absolute Gasteiger partial charge is 0.169 e. The summed E-state index contributed by atoms with van der Waals surface area (Å²) in [6.45, 7) is 0. The zero-order valence-electron chi connectivity index (χ0n) is 13.0. The van der Waals surface area contributed by atoms with E-state index in [1.165, 1.54) is 0 Å². The van der Waals surface area contributed by atoms with Crippen molar-refractivity contribution in [1.82, 2.24) is 0 Å². The number of phenols is 1. The molecule has 2 heterocycles. The highest BCUT2D eigenvalue weighted by Gasteiger charge is 2.15. The molecule has 0 aliphatic carbocycles. The van der Waals surface area contributed by atoms with Crippen molar-refractivity contribution in [2.24, 2.45) is 0 Å². The molecular formula is C19H22O4. The van der Waals surface area contributed by atoms with Crippen molar-refractivity contribution in [2.75, 3.05) is 0 Å². The average Bonchev–Trinajstić information content (AvgIpc) is 2.55. The number of hydrogen-bond donors (Lipinski definition) is 3. The lowest BCUT2D eigenvalue weighted by Gasteiger charge is -2.16. The molecule has 2 atom stereocenters. The summed E-state index contributed by atoms with van der Waals surface area (Å²) in [5.41, 5.74) is 1.85. The molecule has 2 unspecified atom stereocenters. The predicted octanol–water partition coefficient (Wildman–Crippen LogP) is 3.70. The summed E-state index contributed by atoms with van der Waals surface area (Å²) in [6, 6.07) is 12.5. The molecule has 0 radical (unpaired) electrons. The topological polar surface area (TPSA) is 69.9 Å². The third-order valence-electron chi connectivity index (χ3n) is 4.27. The number of aryl methyl sites for hydroxylation is 1. The molecule has 4 nitrogen and oxygen atoms in total. The van der Waals surface area contributed by atoms with Crippen molar-refractivity contribution in [3.63, 3.8) is 0 Å². The van der Waals surface area contributed by atoms with E-state index in [0.717, 1.165) is 30.4 Å². The van der Waals surface area contributed by atoms with Crippen LogP contribution in [-0.4, -0.2) is 21.4 Å². The van der Waals surface area contributed by atoms with Crippen LogP contribution in [-0.2, 0) is 6.42 Å². The summed E-state index contributed by atoms with van der Waals surface area (Å²) in [7, 11) is 0.